The number of nitrogens with one attached hydrogen (secondary N) is 2. The number of amides is 3. The predicted molar refractivity (Wildman–Crippen MR) is 110 cm³/mol. The molecule has 2 fully saturated rings. The SMILES string of the molecule is Cl.NCCC(=O)NCC1CCCCN1C(=O)c1cccc(NC(=O)C2CC2)c1. The highest BCUT2D eigenvalue weighted by Crippen LogP contribution is 2.30. The Balaban J connectivity index is 0.00000280. The molecule has 7 nitrogen and oxygen atoms in total. The van der Waals surface area contributed by atoms with Crippen LogP contribution in [0, 0.1) is 5.92 Å². The van der Waals surface area contributed by atoms with E-state index < -0.39 is 0 Å². The minimum absolute atomic E-state index is 0. The molecule has 4 N–H and O–H groups in total. The van der Waals surface area contributed by atoms with Gasteiger partial charge in [0.25, 0.3) is 5.91 Å². The lowest BCUT2D eigenvalue weighted by atomic mass is 10.0. The molecule has 1 aliphatic carbocycles. The molecule has 28 heavy (non-hydrogen) atoms. The fourth-order valence-corrected chi connectivity index (χ4v) is 3.42. The molecule has 1 saturated carbocycles. The van der Waals surface area contributed by atoms with E-state index in [4.69, 9.17) is 5.73 Å². The summed E-state index contributed by atoms with van der Waals surface area (Å²) in [4.78, 5) is 38.5. The van der Waals surface area contributed by atoms with Crippen LogP contribution in [0.15, 0.2) is 24.3 Å². The van der Waals surface area contributed by atoms with Crippen LogP contribution in [0.5, 0.6) is 0 Å². The van der Waals surface area contributed by atoms with Gasteiger partial charge in [-0.1, -0.05) is 6.07 Å². The summed E-state index contributed by atoms with van der Waals surface area (Å²) in [6, 6.07) is 7.09. The normalized spacial score (nSPS) is 18.8. The maximum absolute atomic E-state index is 13.0. The van der Waals surface area contributed by atoms with Crippen molar-refractivity contribution in [2.45, 2.75) is 44.6 Å². The van der Waals surface area contributed by atoms with Crippen LogP contribution in [-0.4, -0.2) is 48.3 Å². The summed E-state index contributed by atoms with van der Waals surface area (Å²) in [5, 5.41) is 5.77. The first kappa shape index (κ1) is 22.2. The van der Waals surface area contributed by atoms with Gasteiger partial charge in [0.05, 0.1) is 0 Å². The van der Waals surface area contributed by atoms with E-state index in [-0.39, 0.29) is 42.1 Å². The average molecular weight is 409 g/mol. The summed E-state index contributed by atoms with van der Waals surface area (Å²) < 4.78 is 0. The van der Waals surface area contributed by atoms with Crippen molar-refractivity contribution in [2.75, 3.05) is 25.0 Å². The number of hydrogen-bond acceptors (Lipinski definition) is 4. The number of benzene rings is 1. The molecule has 0 spiro atoms. The number of carbonyl (C=O) groups excluding carboxylic acids is 3. The summed E-state index contributed by atoms with van der Waals surface area (Å²) in [6.45, 7) is 1.44. The van der Waals surface area contributed by atoms with Crippen molar-refractivity contribution in [1.82, 2.24) is 10.2 Å². The van der Waals surface area contributed by atoms with Crippen LogP contribution in [0.3, 0.4) is 0 Å². The molecule has 1 aromatic rings. The third-order valence-corrected chi connectivity index (χ3v) is 5.12. The first-order valence-corrected chi connectivity index (χ1v) is 9.77. The smallest absolute Gasteiger partial charge is 0.254 e. The molecule has 1 atom stereocenters. The molecule has 154 valence electrons. The highest BCUT2D eigenvalue weighted by molar-refractivity contribution is 5.98. The van der Waals surface area contributed by atoms with Crippen LogP contribution >= 0.6 is 12.4 Å². The van der Waals surface area contributed by atoms with E-state index in [1.165, 1.54) is 0 Å². The zero-order valence-corrected chi connectivity index (χ0v) is 16.8. The lowest BCUT2D eigenvalue weighted by Gasteiger charge is -2.36. The van der Waals surface area contributed by atoms with Crippen molar-refractivity contribution in [3.8, 4) is 0 Å². The lowest BCUT2D eigenvalue weighted by Crippen LogP contribution is -2.49. The van der Waals surface area contributed by atoms with Crippen LogP contribution in [0.2, 0.25) is 0 Å². The van der Waals surface area contributed by atoms with Crippen molar-refractivity contribution >= 4 is 35.8 Å². The van der Waals surface area contributed by atoms with E-state index in [9.17, 15) is 14.4 Å². The quantitative estimate of drug-likeness (QED) is 0.641. The maximum atomic E-state index is 13.0. The summed E-state index contributed by atoms with van der Waals surface area (Å²) in [6.07, 6.45) is 5.04. The number of halogens is 1. The van der Waals surface area contributed by atoms with E-state index in [0.717, 1.165) is 32.1 Å². The Bertz CT molecular complexity index is 708. The Morgan fingerprint density at radius 3 is 2.64 bits per heavy atom. The van der Waals surface area contributed by atoms with Gasteiger partial charge in [-0.05, 0) is 50.3 Å². The molecule has 0 aromatic heterocycles. The second kappa shape index (κ2) is 10.4. The average Bonchev–Trinajstić information content (AvgIpc) is 3.52. The molecule has 1 aromatic carbocycles. The topological polar surface area (TPSA) is 105 Å². The van der Waals surface area contributed by atoms with Gasteiger partial charge in [-0.2, -0.15) is 0 Å². The minimum atomic E-state index is -0.0831. The predicted octanol–water partition coefficient (Wildman–Crippen LogP) is 1.92. The zero-order valence-electron chi connectivity index (χ0n) is 16.0. The fourth-order valence-electron chi connectivity index (χ4n) is 3.42. The van der Waals surface area contributed by atoms with Crippen LogP contribution in [0.4, 0.5) is 5.69 Å². The van der Waals surface area contributed by atoms with Gasteiger partial charge in [-0.15, -0.1) is 12.4 Å². The Hall–Kier alpha value is -2.12. The summed E-state index contributed by atoms with van der Waals surface area (Å²) in [5.74, 6) is 0.00146. The van der Waals surface area contributed by atoms with Gasteiger partial charge >= 0.3 is 0 Å². The Labute approximate surface area is 171 Å². The molecule has 1 heterocycles. The highest BCUT2D eigenvalue weighted by Gasteiger charge is 2.30. The number of likely N-dealkylation sites (tertiary alicyclic amines) is 1. The second-order valence-electron chi connectivity index (χ2n) is 7.34. The lowest BCUT2D eigenvalue weighted by molar-refractivity contribution is -0.121. The van der Waals surface area contributed by atoms with E-state index >= 15 is 0 Å². The van der Waals surface area contributed by atoms with Gasteiger partial charge in [-0.3, -0.25) is 14.4 Å². The van der Waals surface area contributed by atoms with Gasteiger partial charge in [0.2, 0.25) is 11.8 Å². The van der Waals surface area contributed by atoms with Crippen molar-refractivity contribution in [1.29, 1.82) is 0 Å². The molecule has 3 amide bonds. The minimum Gasteiger partial charge on any atom is -0.354 e. The van der Waals surface area contributed by atoms with Gasteiger partial charge in [0.15, 0.2) is 0 Å². The molecule has 0 radical (unpaired) electrons. The standard InChI is InChI=1S/C20H28N4O3.ClH/c21-10-9-18(25)22-13-17-6-1-2-11-24(17)20(27)15-4-3-5-16(12-15)23-19(26)14-7-8-14;/h3-5,12,14,17H,1-2,6-11,13,21H2,(H,22,25)(H,23,26);1H. The first-order valence-electron chi connectivity index (χ1n) is 9.77. The Kier molecular flexibility index (Phi) is 8.26. The first-order chi connectivity index (χ1) is 13.1. The Morgan fingerprint density at radius 2 is 1.93 bits per heavy atom. The second-order valence-corrected chi connectivity index (χ2v) is 7.34. The molecule has 8 heteroatoms. The number of hydrogen-bond donors (Lipinski definition) is 3. The number of carbonyl (C=O) groups is 3. The van der Waals surface area contributed by atoms with Crippen LogP contribution in [-0.2, 0) is 9.59 Å². The number of anilines is 1. The monoisotopic (exact) mass is 408 g/mol. The molecule has 2 aliphatic rings. The number of piperidine rings is 1. The van der Waals surface area contributed by atoms with Gasteiger partial charge in [0, 0.05) is 49.3 Å². The van der Waals surface area contributed by atoms with Crippen LogP contribution in [0.1, 0.15) is 48.9 Å². The van der Waals surface area contributed by atoms with Crippen molar-refractivity contribution < 1.29 is 14.4 Å². The number of nitrogens with two attached hydrogens (primary N) is 1. The van der Waals surface area contributed by atoms with Crippen LogP contribution < -0.4 is 16.4 Å². The van der Waals surface area contributed by atoms with Gasteiger partial charge in [0.1, 0.15) is 0 Å². The highest BCUT2D eigenvalue weighted by atomic mass is 35.5. The van der Waals surface area contributed by atoms with Crippen molar-refractivity contribution in [3.05, 3.63) is 29.8 Å². The molecule has 0 bridgehead atoms. The van der Waals surface area contributed by atoms with E-state index in [0.29, 0.717) is 37.3 Å². The van der Waals surface area contributed by atoms with Crippen molar-refractivity contribution in [3.63, 3.8) is 0 Å². The fraction of sp³-hybridized carbons (Fsp3) is 0.550. The molecule has 1 unspecified atom stereocenters. The molecule has 3 rings (SSSR count). The molecular weight excluding hydrogens is 380 g/mol. The zero-order chi connectivity index (χ0) is 19.2. The maximum Gasteiger partial charge on any atom is 0.254 e. The van der Waals surface area contributed by atoms with Crippen molar-refractivity contribution in [2.24, 2.45) is 11.7 Å². The third-order valence-electron chi connectivity index (χ3n) is 5.12. The number of rotatable bonds is 7. The largest absolute Gasteiger partial charge is 0.354 e. The van der Waals surface area contributed by atoms with E-state index in [1.807, 2.05) is 4.90 Å². The summed E-state index contributed by atoms with van der Waals surface area (Å²) in [7, 11) is 0. The number of nitrogens with zero attached hydrogens (tertiary/aromatic N) is 1. The molecule has 1 aliphatic heterocycles. The van der Waals surface area contributed by atoms with Crippen LogP contribution in [0.25, 0.3) is 0 Å². The third kappa shape index (κ3) is 5.94. The van der Waals surface area contributed by atoms with Gasteiger partial charge in [-0.25, -0.2) is 0 Å². The molecular formula is C20H29ClN4O3. The van der Waals surface area contributed by atoms with E-state index in [2.05, 4.69) is 10.6 Å². The summed E-state index contributed by atoms with van der Waals surface area (Å²) in [5.41, 5.74) is 6.62. The summed E-state index contributed by atoms with van der Waals surface area (Å²) >= 11 is 0. The molecule has 1 saturated heterocycles. The van der Waals surface area contributed by atoms with Gasteiger partial charge < -0.3 is 21.3 Å². The van der Waals surface area contributed by atoms with E-state index in [1.54, 1.807) is 24.3 Å². The Morgan fingerprint density at radius 1 is 1.14 bits per heavy atom.